The number of benzene rings is 1. The average Bonchev–Trinajstić information content (AvgIpc) is 2.98. The van der Waals surface area contributed by atoms with Crippen LogP contribution in [0.25, 0.3) is 0 Å². The summed E-state index contributed by atoms with van der Waals surface area (Å²) in [6.07, 6.45) is -0.119. The maximum Gasteiger partial charge on any atom is 0.320 e. The summed E-state index contributed by atoms with van der Waals surface area (Å²) in [5, 5.41) is 3.71. The van der Waals surface area contributed by atoms with Crippen LogP contribution < -0.4 is 0 Å². The Morgan fingerprint density at radius 3 is 2.25 bits per heavy atom. The maximum absolute atomic E-state index is 12.9. The van der Waals surface area contributed by atoms with Crippen molar-refractivity contribution in [3.8, 4) is 0 Å². The standard InChI is InChI=1S/C20H24ClNO6/c1-4-27-16(24)10-14-11-20(12(3)23,19(25)28-5-2)17(18(14)22-26)13-6-8-15(21)9-7-13/h6-9,14,17-18H,4-5,10-11H2,1-3H3/t14-,17+,18-,20+/m1/s1. The average molecular weight is 410 g/mol. The summed E-state index contributed by atoms with van der Waals surface area (Å²) in [4.78, 5) is 49.6. The third-order valence-electron chi connectivity index (χ3n) is 5.29. The van der Waals surface area contributed by atoms with Crippen LogP contribution in [0.4, 0.5) is 0 Å². The van der Waals surface area contributed by atoms with Crippen LogP contribution in [0.5, 0.6) is 0 Å². The molecule has 0 aromatic heterocycles. The second-order valence-electron chi connectivity index (χ2n) is 6.85. The smallest absolute Gasteiger partial charge is 0.320 e. The van der Waals surface area contributed by atoms with Crippen LogP contribution in [0, 0.1) is 16.2 Å². The first kappa shape index (κ1) is 22.0. The number of hydrogen-bond donors (Lipinski definition) is 0. The van der Waals surface area contributed by atoms with Crippen molar-refractivity contribution in [2.75, 3.05) is 13.2 Å². The zero-order valence-corrected chi connectivity index (χ0v) is 16.9. The van der Waals surface area contributed by atoms with Gasteiger partial charge in [0.2, 0.25) is 0 Å². The maximum atomic E-state index is 12.9. The number of carbonyl (C=O) groups excluding carboxylic acids is 3. The molecule has 1 fully saturated rings. The van der Waals surface area contributed by atoms with Gasteiger partial charge >= 0.3 is 11.9 Å². The van der Waals surface area contributed by atoms with Crippen molar-refractivity contribution in [2.24, 2.45) is 16.5 Å². The van der Waals surface area contributed by atoms with Gasteiger partial charge < -0.3 is 9.47 Å². The van der Waals surface area contributed by atoms with Crippen LogP contribution in [-0.2, 0) is 23.9 Å². The summed E-state index contributed by atoms with van der Waals surface area (Å²) in [7, 11) is 0. The van der Waals surface area contributed by atoms with Gasteiger partial charge in [0.1, 0.15) is 17.2 Å². The van der Waals surface area contributed by atoms with E-state index in [4.69, 9.17) is 21.1 Å². The monoisotopic (exact) mass is 409 g/mol. The minimum Gasteiger partial charge on any atom is -0.466 e. The molecule has 2 rings (SSSR count). The molecule has 0 N–H and O–H groups in total. The zero-order chi connectivity index (χ0) is 20.9. The molecule has 1 saturated carbocycles. The summed E-state index contributed by atoms with van der Waals surface area (Å²) >= 11 is 5.96. The molecule has 28 heavy (non-hydrogen) atoms. The largest absolute Gasteiger partial charge is 0.466 e. The summed E-state index contributed by atoms with van der Waals surface area (Å²) in [5.74, 6) is -3.10. The van der Waals surface area contributed by atoms with Gasteiger partial charge in [0.15, 0.2) is 0 Å². The SMILES string of the molecule is CCOC(=O)C[C@@H]1C[C@@](C(C)=O)(C(=O)OCC)[C@@H](c2ccc(Cl)cc2)[C@@H]1N=O. The zero-order valence-electron chi connectivity index (χ0n) is 16.1. The molecule has 0 unspecified atom stereocenters. The molecular weight excluding hydrogens is 386 g/mol. The van der Waals surface area contributed by atoms with Crippen LogP contribution in [0.2, 0.25) is 5.02 Å². The van der Waals surface area contributed by atoms with Gasteiger partial charge in [-0.1, -0.05) is 28.9 Å². The number of nitroso groups, excluding NO2 is 1. The lowest BCUT2D eigenvalue weighted by molar-refractivity contribution is -0.161. The van der Waals surface area contributed by atoms with E-state index in [1.54, 1.807) is 38.1 Å². The van der Waals surface area contributed by atoms with Crippen molar-refractivity contribution in [3.05, 3.63) is 39.8 Å². The molecule has 1 aromatic carbocycles. The van der Waals surface area contributed by atoms with Gasteiger partial charge in [-0.15, -0.1) is 0 Å². The van der Waals surface area contributed by atoms with Crippen LogP contribution in [0.3, 0.4) is 0 Å². The molecule has 1 aliphatic carbocycles. The highest BCUT2D eigenvalue weighted by Gasteiger charge is 2.63. The van der Waals surface area contributed by atoms with Crippen molar-refractivity contribution in [2.45, 2.75) is 45.6 Å². The van der Waals surface area contributed by atoms with E-state index >= 15 is 0 Å². The van der Waals surface area contributed by atoms with Crippen molar-refractivity contribution in [1.82, 2.24) is 0 Å². The fourth-order valence-electron chi connectivity index (χ4n) is 4.13. The van der Waals surface area contributed by atoms with Gasteiger partial charge in [0, 0.05) is 10.9 Å². The fourth-order valence-corrected chi connectivity index (χ4v) is 4.25. The second-order valence-corrected chi connectivity index (χ2v) is 7.28. The Kier molecular flexibility index (Phi) is 7.29. The first-order chi connectivity index (χ1) is 13.3. The molecular formula is C20H24ClNO6. The van der Waals surface area contributed by atoms with E-state index in [0.29, 0.717) is 10.6 Å². The second kappa shape index (κ2) is 9.28. The van der Waals surface area contributed by atoms with Gasteiger partial charge in [0.25, 0.3) is 0 Å². The molecule has 4 atom stereocenters. The van der Waals surface area contributed by atoms with E-state index in [-0.39, 0.29) is 26.1 Å². The number of carbonyl (C=O) groups is 3. The number of ether oxygens (including phenoxy) is 2. The highest BCUT2D eigenvalue weighted by atomic mass is 35.5. The Morgan fingerprint density at radius 1 is 1.14 bits per heavy atom. The molecule has 0 amide bonds. The Morgan fingerprint density at radius 2 is 1.75 bits per heavy atom. The highest BCUT2D eigenvalue weighted by Crippen LogP contribution is 2.56. The van der Waals surface area contributed by atoms with Gasteiger partial charge in [0.05, 0.1) is 19.6 Å². The third-order valence-corrected chi connectivity index (χ3v) is 5.54. The minimum absolute atomic E-state index is 0.0102. The number of rotatable bonds is 8. The lowest BCUT2D eigenvalue weighted by Crippen LogP contribution is -2.43. The molecule has 0 bridgehead atoms. The third kappa shape index (κ3) is 4.09. The topological polar surface area (TPSA) is 99.1 Å². The molecule has 8 heteroatoms. The molecule has 1 aliphatic rings. The highest BCUT2D eigenvalue weighted by molar-refractivity contribution is 6.30. The first-order valence-corrected chi connectivity index (χ1v) is 9.61. The predicted molar refractivity (Wildman–Crippen MR) is 103 cm³/mol. The van der Waals surface area contributed by atoms with E-state index in [1.165, 1.54) is 6.92 Å². The fraction of sp³-hybridized carbons (Fsp3) is 0.550. The molecule has 0 saturated heterocycles. The van der Waals surface area contributed by atoms with Crippen LogP contribution >= 0.6 is 11.6 Å². The van der Waals surface area contributed by atoms with E-state index in [0.717, 1.165) is 0 Å². The number of halogens is 1. The van der Waals surface area contributed by atoms with Gasteiger partial charge in [-0.25, -0.2) is 0 Å². The molecule has 0 spiro atoms. The van der Waals surface area contributed by atoms with Gasteiger partial charge in [-0.2, -0.15) is 4.91 Å². The van der Waals surface area contributed by atoms with Crippen molar-refractivity contribution in [1.29, 1.82) is 0 Å². The number of esters is 2. The quantitative estimate of drug-likeness (QED) is 0.369. The number of hydrogen-bond acceptors (Lipinski definition) is 7. The summed E-state index contributed by atoms with van der Waals surface area (Å²) in [5.41, 5.74) is -1.02. The van der Waals surface area contributed by atoms with Crippen molar-refractivity contribution in [3.63, 3.8) is 0 Å². The van der Waals surface area contributed by atoms with E-state index in [9.17, 15) is 19.3 Å². The lowest BCUT2D eigenvalue weighted by atomic mass is 9.70. The minimum atomic E-state index is -1.60. The van der Waals surface area contributed by atoms with Gasteiger partial charge in [-0.3, -0.25) is 14.4 Å². The molecule has 0 radical (unpaired) electrons. The Hall–Kier alpha value is -2.28. The van der Waals surface area contributed by atoms with E-state index in [2.05, 4.69) is 5.18 Å². The Bertz CT molecular complexity index is 750. The first-order valence-electron chi connectivity index (χ1n) is 9.23. The van der Waals surface area contributed by atoms with Crippen LogP contribution in [-0.4, -0.2) is 37.0 Å². The van der Waals surface area contributed by atoms with Crippen molar-refractivity contribution >= 4 is 29.3 Å². The Labute approximate surface area is 168 Å². The molecule has 7 nitrogen and oxygen atoms in total. The number of ketones is 1. The summed E-state index contributed by atoms with van der Waals surface area (Å²) in [6.45, 7) is 4.90. The molecule has 1 aromatic rings. The van der Waals surface area contributed by atoms with E-state index < -0.39 is 41.0 Å². The summed E-state index contributed by atoms with van der Waals surface area (Å²) in [6, 6.07) is 5.60. The summed E-state index contributed by atoms with van der Waals surface area (Å²) < 4.78 is 10.2. The van der Waals surface area contributed by atoms with Gasteiger partial charge in [-0.05, 0) is 50.8 Å². The normalized spacial score (nSPS) is 26.5. The lowest BCUT2D eigenvalue weighted by Gasteiger charge is -2.31. The molecule has 0 aliphatic heterocycles. The molecule has 152 valence electrons. The number of nitrogens with zero attached hydrogens (tertiary/aromatic N) is 1. The van der Waals surface area contributed by atoms with E-state index in [1.807, 2.05) is 0 Å². The van der Waals surface area contributed by atoms with Crippen molar-refractivity contribution < 1.29 is 23.9 Å². The van der Waals surface area contributed by atoms with Crippen LogP contribution in [0.15, 0.2) is 29.4 Å². The predicted octanol–water partition coefficient (Wildman–Crippen LogP) is 3.67. The van der Waals surface area contributed by atoms with Crippen LogP contribution in [0.1, 0.15) is 45.1 Å². The number of Topliss-reactive ketones (excluding diaryl/α,β-unsaturated/α-hetero) is 1. The molecule has 0 heterocycles. The Balaban J connectivity index is 2.58.